The molecule has 0 amide bonds. The Morgan fingerprint density at radius 1 is 1.07 bits per heavy atom. The minimum atomic E-state index is 0.0944. The normalized spacial score (nSPS) is 12.0. The highest BCUT2D eigenvalue weighted by Gasteiger charge is 2.17. The number of pyridine rings is 1. The molecule has 78 valence electrons. The molecule has 0 aliphatic carbocycles. The molecule has 2 aromatic rings. The van der Waals surface area contributed by atoms with Crippen LogP contribution in [-0.4, -0.2) is 4.98 Å². The molecule has 0 fully saturated rings. The number of hydrogen-bond donors (Lipinski definition) is 0. The van der Waals surface area contributed by atoms with E-state index >= 15 is 0 Å². The second kappa shape index (κ2) is 3.49. The zero-order valence-corrected chi connectivity index (χ0v) is 9.97. The van der Waals surface area contributed by atoms with Crippen LogP contribution in [-0.2, 0) is 5.41 Å². The van der Waals surface area contributed by atoms with Gasteiger partial charge in [0.15, 0.2) is 0 Å². The van der Waals surface area contributed by atoms with Gasteiger partial charge in [0.1, 0.15) is 5.15 Å². The van der Waals surface area contributed by atoms with Crippen molar-refractivity contribution in [1.29, 1.82) is 0 Å². The van der Waals surface area contributed by atoms with Crippen molar-refractivity contribution in [3.63, 3.8) is 0 Å². The number of halogens is 1. The van der Waals surface area contributed by atoms with Crippen LogP contribution < -0.4 is 0 Å². The van der Waals surface area contributed by atoms with Crippen molar-refractivity contribution in [1.82, 2.24) is 4.98 Å². The maximum atomic E-state index is 6.07. The summed E-state index contributed by atoms with van der Waals surface area (Å²) in [5, 5.41) is 2.81. The Kier molecular flexibility index (Phi) is 2.43. The van der Waals surface area contributed by atoms with Crippen LogP contribution in [0.5, 0.6) is 0 Å². The van der Waals surface area contributed by atoms with E-state index in [4.69, 9.17) is 11.6 Å². The van der Waals surface area contributed by atoms with Gasteiger partial charge in [0.2, 0.25) is 0 Å². The largest absolute Gasteiger partial charge is 0.244 e. The molecule has 0 bridgehead atoms. The first kappa shape index (κ1) is 10.4. The van der Waals surface area contributed by atoms with Gasteiger partial charge in [-0.3, -0.25) is 0 Å². The van der Waals surface area contributed by atoms with Crippen LogP contribution in [0.4, 0.5) is 0 Å². The zero-order chi connectivity index (χ0) is 11.1. The lowest BCUT2D eigenvalue weighted by Crippen LogP contribution is -2.12. The monoisotopic (exact) mass is 219 g/mol. The summed E-state index contributed by atoms with van der Waals surface area (Å²) < 4.78 is 0. The molecule has 0 atom stereocenters. The van der Waals surface area contributed by atoms with E-state index in [2.05, 4.69) is 31.8 Å². The molecule has 2 rings (SSSR count). The summed E-state index contributed by atoms with van der Waals surface area (Å²) in [7, 11) is 0. The summed E-state index contributed by atoms with van der Waals surface area (Å²) in [6.07, 6.45) is 1.88. The summed E-state index contributed by atoms with van der Waals surface area (Å²) in [6.45, 7) is 6.55. The molecule has 0 unspecified atom stereocenters. The average molecular weight is 220 g/mol. The SMILES string of the molecule is CC(C)(C)c1cnc(Cl)c2ccccc12. The molecular formula is C13H14ClN. The van der Waals surface area contributed by atoms with Gasteiger partial charge in [-0.2, -0.15) is 0 Å². The first-order chi connectivity index (χ1) is 7.00. The van der Waals surface area contributed by atoms with E-state index in [1.54, 1.807) is 0 Å². The highest BCUT2D eigenvalue weighted by Crippen LogP contribution is 2.31. The Morgan fingerprint density at radius 3 is 2.27 bits per heavy atom. The van der Waals surface area contributed by atoms with Crippen molar-refractivity contribution in [2.45, 2.75) is 26.2 Å². The van der Waals surface area contributed by atoms with E-state index in [0.717, 1.165) is 5.39 Å². The van der Waals surface area contributed by atoms with Gasteiger partial charge in [-0.05, 0) is 16.4 Å². The van der Waals surface area contributed by atoms with Gasteiger partial charge in [-0.1, -0.05) is 56.6 Å². The predicted molar refractivity (Wildman–Crippen MR) is 65.5 cm³/mol. The Hall–Kier alpha value is -1.08. The summed E-state index contributed by atoms with van der Waals surface area (Å²) in [4.78, 5) is 4.24. The highest BCUT2D eigenvalue weighted by atomic mass is 35.5. The fourth-order valence-electron chi connectivity index (χ4n) is 1.76. The van der Waals surface area contributed by atoms with Crippen LogP contribution in [0, 0.1) is 0 Å². The van der Waals surface area contributed by atoms with Crippen LogP contribution in [0.2, 0.25) is 5.15 Å². The summed E-state index contributed by atoms with van der Waals surface area (Å²) in [6, 6.07) is 8.14. The quantitative estimate of drug-likeness (QED) is 0.606. The van der Waals surface area contributed by atoms with Gasteiger partial charge in [-0.15, -0.1) is 0 Å². The van der Waals surface area contributed by atoms with E-state index in [0.29, 0.717) is 5.15 Å². The van der Waals surface area contributed by atoms with E-state index in [1.807, 2.05) is 24.4 Å². The van der Waals surface area contributed by atoms with Crippen LogP contribution >= 0.6 is 11.6 Å². The van der Waals surface area contributed by atoms with Crippen LogP contribution in [0.25, 0.3) is 10.8 Å². The van der Waals surface area contributed by atoms with Crippen molar-refractivity contribution < 1.29 is 0 Å². The first-order valence-electron chi connectivity index (χ1n) is 5.04. The number of fused-ring (bicyclic) bond motifs is 1. The average Bonchev–Trinajstić information content (AvgIpc) is 2.17. The number of nitrogens with zero attached hydrogens (tertiary/aromatic N) is 1. The van der Waals surface area contributed by atoms with E-state index in [1.165, 1.54) is 10.9 Å². The molecule has 0 aliphatic rings. The van der Waals surface area contributed by atoms with Crippen molar-refractivity contribution in [3.05, 3.63) is 41.2 Å². The molecule has 15 heavy (non-hydrogen) atoms. The van der Waals surface area contributed by atoms with Gasteiger partial charge in [-0.25, -0.2) is 4.98 Å². The predicted octanol–water partition coefficient (Wildman–Crippen LogP) is 4.19. The van der Waals surface area contributed by atoms with Gasteiger partial charge in [0.25, 0.3) is 0 Å². The molecule has 0 spiro atoms. The van der Waals surface area contributed by atoms with Gasteiger partial charge in [0, 0.05) is 11.6 Å². The minimum absolute atomic E-state index is 0.0944. The number of benzene rings is 1. The van der Waals surface area contributed by atoms with Crippen molar-refractivity contribution in [2.24, 2.45) is 0 Å². The Labute approximate surface area is 95.1 Å². The maximum Gasteiger partial charge on any atom is 0.136 e. The Morgan fingerprint density at radius 2 is 1.67 bits per heavy atom. The van der Waals surface area contributed by atoms with Crippen molar-refractivity contribution in [3.8, 4) is 0 Å². The lowest BCUT2D eigenvalue weighted by Gasteiger charge is -2.20. The third kappa shape index (κ3) is 1.84. The summed E-state index contributed by atoms with van der Waals surface area (Å²) in [5.74, 6) is 0. The molecule has 0 saturated heterocycles. The van der Waals surface area contributed by atoms with Gasteiger partial charge < -0.3 is 0 Å². The van der Waals surface area contributed by atoms with Gasteiger partial charge >= 0.3 is 0 Å². The Bertz CT molecular complexity index is 497. The van der Waals surface area contributed by atoms with Crippen LogP contribution in [0.3, 0.4) is 0 Å². The fraction of sp³-hybridized carbons (Fsp3) is 0.308. The van der Waals surface area contributed by atoms with E-state index < -0.39 is 0 Å². The molecule has 1 aromatic carbocycles. The third-order valence-electron chi connectivity index (χ3n) is 2.55. The Balaban J connectivity index is 2.84. The number of rotatable bonds is 0. The standard InChI is InChI=1S/C13H14ClN/c1-13(2,3)11-8-15-12(14)10-7-5-4-6-9(10)11/h4-8H,1-3H3. The van der Waals surface area contributed by atoms with Crippen LogP contribution in [0.15, 0.2) is 30.5 Å². The van der Waals surface area contributed by atoms with Crippen molar-refractivity contribution in [2.75, 3.05) is 0 Å². The second-order valence-electron chi connectivity index (χ2n) is 4.76. The topological polar surface area (TPSA) is 12.9 Å². The molecule has 1 nitrogen and oxygen atoms in total. The smallest absolute Gasteiger partial charge is 0.136 e. The molecular weight excluding hydrogens is 206 g/mol. The maximum absolute atomic E-state index is 6.07. The number of hydrogen-bond acceptors (Lipinski definition) is 1. The lowest BCUT2D eigenvalue weighted by molar-refractivity contribution is 0.593. The molecule has 2 heteroatoms. The van der Waals surface area contributed by atoms with E-state index in [9.17, 15) is 0 Å². The van der Waals surface area contributed by atoms with E-state index in [-0.39, 0.29) is 5.41 Å². The fourth-order valence-corrected chi connectivity index (χ4v) is 1.97. The van der Waals surface area contributed by atoms with Gasteiger partial charge in [0.05, 0.1) is 0 Å². The molecule has 0 radical (unpaired) electrons. The molecule has 0 saturated carbocycles. The summed E-state index contributed by atoms with van der Waals surface area (Å²) in [5.41, 5.74) is 1.33. The summed E-state index contributed by atoms with van der Waals surface area (Å²) >= 11 is 6.07. The molecule has 1 heterocycles. The zero-order valence-electron chi connectivity index (χ0n) is 9.21. The molecule has 0 N–H and O–H groups in total. The first-order valence-corrected chi connectivity index (χ1v) is 5.41. The number of aromatic nitrogens is 1. The molecule has 0 aliphatic heterocycles. The highest BCUT2D eigenvalue weighted by molar-refractivity contribution is 6.34. The lowest BCUT2D eigenvalue weighted by atomic mass is 9.85. The van der Waals surface area contributed by atoms with Crippen LogP contribution in [0.1, 0.15) is 26.3 Å². The molecule has 1 aromatic heterocycles. The second-order valence-corrected chi connectivity index (χ2v) is 5.12. The third-order valence-corrected chi connectivity index (χ3v) is 2.86. The van der Waals surface area contributed by atoms with Crippen molar-refractivity contribution >= 4 is 22.4 Å². The minimum Gasteiger partial charge on any atom is -0.244 e.